The van der Waals surface area contributed by atoms with Crippen LogP contribution in [0.15, 0.2) is 24.3 Å². The van der Waals surface area contributed by atoms with Gasteiger partial charge < -0.3 is 15.3 Å². The molecule has 1 aromatic heterocycles. The summed E-state index contributed by atoms with van der Waals surface area (Å²) >= 11 is 0. The van der Waals surface area contributed by atoms with Gasteiger partial charge >= 0.3 is 12.0 Å². The van der Waals surface area contributed by atoms with Crippen LogP contribution in [0.2, 0.25) is 0 Å². The molecule has 1 atom stereocenters. The van der Waals surface area contributed by atoms with Gasteiger partial charge in [0.25, 0.3) is 0 Å². The molecule has 3 rings (SSSR count). The normalized spacial score (nSPS) is 14.4. The lowest BCUT2D eigenvalue weighted by molar-refractivity contribution is -0.139. The number of aryl methyl sites for hydroxylation is 2. The van der Waals surface area contributed by atoms with Gasteiger partial charge in [0.05, 0.1) is 5.69 Å². The number of hydrogen-bond acceptors (Lipinski definition) is 3. The average molecular weight is 328 g/mol. The number of hydrogen-bond donors (Lipinski definition) is 2. The average Bonchev–Trinajstić information content (AvgIpc) is 3.07. The van der Waals surface area contributed by atoms with E-state index in [0.717, 1.165) is 16.8 Å². The Morgan fingerprint density at radius 2 is 1.79 bits per heavy atom. The van der Waals surface area contributed by atoms with Crippen LogP contribution in [0.4, 0.5) is 4.79 Å². The molecule has 0 radical (unpaired) electrons. The highest BCUT2D eigenvalue weighted by atomic mass is 16.4. The third-order valence-corrected chi connectivity index (χ3v) is 4.50. The number of urea groups is 1. The van der Waals surface area contributed by atoms with Crippen molar-refractivity contribution in [1.29, 1.82) is 0 Å². The van der Waals surface area contributed by atoms with Crippen LogP contribution in [-0.2, 0) is 24.9 Å². The zero-order valence-electron chi connectivity index (χ0n) is 13.9. The van der Waals surface area contributed by atoms with Crippen molar-refractivity contribution in [3.05, 3.63) is 52.3 Å². The second-order valence-corrected chi connectivity index (χ2v) is 6.05. The quantitative estimate of drug-likeness (QED) is 0.901. The maximum Gasteiger partial charge on any atom is 0.331 e. The molecule has 0 saturated carbocycles. The molecule has 2 N–H and O–H groups in total. The molecule has 1 aliphatic rings. The number of amides is 2. The Hall–Kier alpha value is -2.83. The van der Waals surface area contributed by atoms with Crippen molar-refractivity contribution in [3.63, 3.8) is 0 Å². The molecule has 7 heteroatoms. The molecule has 126 valence electrons. The second kappa shape index (κ2) is 5.99. The van der Waals surface area contributed by atoms with Crippen molar-refractivity contribution in [1.82, 2.24) is 20.0 Å². The van der Waals surface area contributed by atoms with E-state index in [-0.39, 0.29) is 6.03 Å². The predicted octanol–water partition coefficient (Wildman–Crippen LogP) is 1.89. The number of aromatic nitrogens is 2. The lowest BCUT2D eigenvalue weighted by Gasteiger charge is -2.21. The van der Waals surface area contributed by atoms with Gasteiger partial charge in [-0.25, -0.2) is 9.59 Å². The van der Waals surface area contributed by atoms with Gasteiger partial charge in [0.2, 0.25) is 0 Å². The van der Waals surface area contributed by atoms with Gasteiger partial charge in [0, 0.05) is 31.4 Å². The van der Waals surface area contributed by atoms with E-state index >= 15 is 0 Å². The topological polar surface area (TPSA) is 87.5 Å². The van der Waals surface area contributed by atoms with Crippen LogP contribution in [0.1, 0.15) is 34.1 Å². The summed E-state index contributed by atoms with van der Waals surface area (Å²) in [5.74, 6) is -1.10. The standard InChI is InChI=1S/C17H20N4O3/c1-10-14(11(2)20(3)19-10)15(16(22)23)18-17(24)21-8-12-6-4-5-7-13(12)9-21/h4-7,15H,8-9H2,1-3H3,(H,18,24)(H,22,23). The second-order valence-electron chi connectivity index (χ2n) is 6.05. The summed E-state index contributed by atoms with van der Waals surface area (Å²) in [6.07, 6.45) is 0. The lowest BCUT2D eigenvalue weighted by atomic mass is 10.1. The molecule has 24 heavy (non-hydrogen) atoms. The number of rotatable bonds is 3. The third-order valence-electron chi connectivity index (χ3n) is 4.50. The number of nitrogens with one attached hydrogen (secondary N) is 1. The van der Waals surface area contributed by atoms with Gasteiger partial charge in [-0.2, -0.15) is 5.10 Å². The van der Waals surface area contributed by atoms with E-state index in [9.17, 15) is 14.7 Å². The molecule has 0 fully saturated rings. The van der Waals surface area contributed by atoms with E-state index in [0.29, 0.717) is 24.3 Å². The zero-order valence-corrected chi connectivity index (χ0v) is 13.9. The first kappa shape index (κ1) is 16.0. The zero-order chi connectivity index (χ0) is 17.4. The van der Waals surface area contributed by atoms with E-state index in [2.05, 4.69) is 10.4 Å². The van der Waals surface area contributed by atoms with Crippen molar-refractivity contribution < 1.29 is 14.7 Å². The summed E-state index contributed by atoms with van der Waals surface area (Å²) < 4.78 is 1.62. The molecule has 1 aliphatic heterocycles. The summed E-state index contributed by atoms with van der Waals surface area (Å²) in [5, 5.41) is 16.5. The first-order valence-corrected chi connectivity index (χ1v) is 7.73. The van der Waals surface area contributed by atoms with Crippen LogP contribution in [0.3, 0.4) is 0 Å². The van der Waals surface area contributed by atoms with Crippen LogP contribution in [-0.4, -0.2) is 31.8 Å². The minimum absolute atomic E-state index is 0.388. The maximum atomic E-state index is 12.6. The van der Waals surface area contributed by atoms with E-state index < -0.39 is 12.0 Å². The molecule has 0 spiro atoms. The molecular formula is C17H20N4O3. The molecule has 0 saturated heterocycles. The molecule has 2 amide bonds. The number of fused-ring (bicyclic) bond motifs is 1. The smallest absolute Gasteiger partial charge is 0.331 e. The highest BCUT2D eigenvalue weighted by Gasteiger charge is 2.31. The number of carboxylic acid groups (broad SMARTS) is 1. The molecule has 1 unspecified atom stereocenters. The monoisotopic (exact) mass is 328 g/mol. The van der Waals surface area contributed by atoms with Gasteiger partial charge in [-0.15, -0.1) is 0 Å². The summed E-state index contributed by atoms with van der Waals surface area (Å²) in [6, 6.07) is 6.32. The molecule has 1 aromatic carbocycles. The Morgan fingerprint density at radius 3 is 2.25 bits per heavy atom. The molecular weight excluding hydrogens is 308 g/mol. The minimum Gasteiger partial charge on any atom is -0.479 e. The summed E-state index contributed by atoms with van der Waals surface area (Å²) in [7, 11) is 1.75. The summed E-state index contributed by atoms with van der Waals surface area (Å²) in [5.41, 5.74) is 4.05. The summed E-state index contributed by atoms with van der Waals surface area (Å²) in [4.78, 5) is 25.9. The molecule has 2 aromatic rings. The minimum atomic E-state index is -1.12. The molecule has 7 nitrogen and oxygen atoms in total. The Labute approximate surface area is 139 Å². The van der Waals surface area contributed by atoms with Crippen LogP contribution in [0, 0.1) is 13.8 Å². The SMILES string of the molecule is Cc1nn(C)c(C)c1C(NC(=O)N1Cc2ccccc2C1)C(=O)O. The predicted molar refractivity (Wildman–Crippen MR) is 87.3 cm³/mol. The van der Waals surface area contributed by atoms with Gasteiger partial charge in [-0.05, 0) is 25.0 Å². The molecule has 2 heterocycles. The van der Waals surface area contributed by atoms with Crippen molar-refractivity contribution in [2.45, 2.75) is 33.0 Å². The third kappa shape index (κ3) is 2.73. The number of carbonyl (C=O) groups is 2. The number of aliphatic carboxylic acids is 1. The van der Waals surface area contributed by atoms with Crippen LogP contribution >= 0.6 is 0 Å². The van der Waals surface area contributed by atoms with Crippen LogP contribution < -0.4 is 5.32 Å². The number of carboxylic acids is 1. The molecule has 0 bridgehead atoms. The fraction of sp³-hybridized carbons (Fsp3) is 0.353. The van der Waals surface area contributed by atoms with E-state index in [1.165, 1.54) is 0 Å². The molecule has 0 aliphatic carbocycles. The first-order chi connectivity index (χ1) is 11.4. The summed E-state index contributed by atoms with van der Waals surface area (Å²) in [6.45, 7) is 4.51. The fourth-order valence-corrected chi connectivity index (χ4v) is 3.16. The first-order valence-electron chi connectivity index (χ1n) is 7.73. The number of carbonyl (C=O) groups excluding carboxylic acids is 1. The van der Waals surface area contributed by atoms with Gasteiger partial charge in [0.15, 0.2) is 6.04 Å². The van der Waals surface area contributed by atoms with Crippen molar-refractivity contribution in [2.75, 3.05) is 0 Å². The maximum absolute atomic E-state index is 12.6. The van der Waals surface area contributed by atoms with Gasteiger partial charge in [0.1, 0.15) is 0 Å². The highest BCUT2D eigenvalue weighted by molar-refractivity contribution is 5.84. The fourth-order valence-electron chi connectivity index (χ4n) is 3.16. The van der Waals surface area contributed by atoms with Crippen molar-refractivity contribution >= 4 is 12.0 Å². The van der Waals surface area contributed by atoms with E-state index in [1.807, 2.05) is 24.3 Å². The Balaban J connectivity index is 1.80. The Kier molecular flexibility index (Phi) is 4.01. The van der Waals surface area contributed by atoms with Gasteiger partial charge in [-0.3, -0.25) is 4.68 Å². The van der Waals surface area contributed by atoms with Crippen molar-refractivity contribution in [2.24, 2.45) is 7.05 Å². The highest BCUT2D eigenvalue weighted by Crippen LogP contribution is 2.25. The van der Waals surface area contributed by atoms with E-state index in [4.69, 9.17) is 0 Å². The Morgan fingerprint density at radius 1 is 1.21 bits per heavy atom. The van der Waals surface area contributed by atoms with Crippen LogP contribution in [0.5, 0.6) is 0 Å². The Bertz CT molecular complexity index is 787. The van der Waals surface area contributed by atoms with Gasteiger partial charge in [-0.1, -0.05) is 24.3 Å². The van der Waals surface area contributed by atoms with Crippen molar-refractivity contribution in [3.8, 4) is 0 Å². The lowest BCUT2D eigenvalue weighted by Crippen LogP contribution is -2.41. The number of nitrogens with zero attached hydrogens (tertiary/aromatic N) is 3. The van der Waals surface area contributed by atoms with Crippen LogP contribution in [0.25, 0.3) is 0 Å². The van der Waals surface area contributed by atoms with E-state index in [1.54, 1.807) is 30.5 Å². The number of benzene rings is 1. The largest absolute Gasteiger partial charge is 0.479 e.